The lowest BCUT2D eigenvalue weighted by Gasteiger charge is -2.59. The van der Waals surface area contributed by atoms with Crippen LogP contribution in [-0.2, 0) is 19.6 Å². The van der Waals surface area contributed by atoms with Crippen LogP contribution in [0.4, 0.5) is 0 Å². The zero-order chi connectivity index (χ0) is 15.3. The Morgan fingerprint density at radius 3 is 2.52 bits per heavy atom. The fourth-order valence-corrected chi connectivity index (χ4v) is 5.76. The molecule has 1 spiro atoms. The zero-order valence-electron chi connectivity index (χ0n) is 12.3. The zero-order valence-corrected chi connectivity index (χ0v) is 13.1. The van der Waals surface area contributed by atoms with Gasteiger partial charge in [-0.2, -0.15) is 4.31 Å². The lowest BCUT2D eigenvalue weighted by molar-refractivity contribution is -0.164. The normalized spacial score (nSPS) is 29.7. The number of nitrogens with zero attached hydrogens (tertiary/aromatic N) is 1. The monoisotopic (exact) mass is 317 g/mol. The van der Waals surface area contributed by atoms with Gasteiger partial charge in [0.25, 0.3) is 0 Å². The molecule has 1 saturated heterocycles. The van der Waals surface area contributed by atoms with Gasteiger partial charge in [0.2, 0.25) is 10.0 Å². The molecule has 3 rings (SSSR count). The average Bonchev–Trinajstić information content (AvgIpc) is 3.06. The summed E-state index contributed by atoms with van der Waals surface area (Å²) in [4.78, 5) is 11.5. The van der Waals surface area contributed by atoms with Gasteiger partial charge < -0.3 is 9.84 Å². The fraction of sp³-hybridized carbons (Fsp3) is 0.929. The third kappa shape index (κ3) is 2.59. The summed E-state index contributed by atoms with van der Waals surface area (Å²) >= 11 is 0. The van der Waals surface area contributed by atoms with Crippen LogP contribution in [0.1, 0.15) is 39.0 Å². The van der Waals surface area contributed by atoms with Crippen molar-refractivity contribution in [3.05, 3.63) is 0 Å². The number of carbonyl (C=O) groups is 1. The van der Waals surface area contributed by atoms with E-state index in [2.05, 4.69) is 0 Å². The highest BCUT2D eigenvalue weighted by Crippen LogP contribution is 2.54. The smallest absolute Gasteiger partial charge is 0.322 e. The molecule has 1 aliphatic heterocycles. The van der Waals surface area contributed by atoms with Gasteiger partial charge in [0.15, 0.2) is 0 Å². The van der Waals surface area contributed by atoms with Gasteiger partial charge in [0.1, 0.15) is 6.04 Å². The standard InChI is InChI=1S/C14H23NO5S/c1-2-20-11(10-4-5-10)8-21(18,19)15-9-14(6-3-7-14)12(15)13(16)17/h10-12H,2-9H2,1H3,(H,16,17). The van der Waals surface area contributed by atoms with Crippen LogP contribution in [0.3, 0.4) is 0 Å². The Bertz CT molecular complexity index is 523. The van der Waals surface area contributed by atoms with Crippen molar-refractivity contribution in [2.24, 2.45) is 11.3 Å². The van der Waals surface area contributed by atoms with Crippen LogP contribution in [0.5, 0.6) is 0 Å². The molecule has 1 N–H and O–H groups in total. The summed E-state index contributed by atoms with van der Waals surface area (Å²) in [6.07, 6.45) is 4.38. The minimum atomic E-state index is -3.56. The molecule has 0 bridgehead atoms. The first-order valence-corrected chi connectivity index (χ1v) is 9.34. The molecule has 0 aromatic heterocycles. The van der Waals surface area contributed by atoms with Crippen molar-refractivity contribution in [3.8, 4) is 0 Å². The van der Waals surface area contributed by atoms with Crippen LogP contribution in [0.25, 0.3) is 0 Å². The second-order valence-electron chi connectivity index (χ2n) is 6.61. The Morgan fingerprint density at radius 2 is 2.10 bits per heavy atom. The van der Waals surface area contributed by atoms with Crippen LogP contribution in [0.2, 0.25) is 0 Å². The van der Waals surface area contributed by atoms with Crippen LogP contribution >= 0.6 is 0 Å². The molecular formula is C14H23NO5S. The molecule has 1 heterocycles. The largest absolute Gasteiger partial charge is 0.480 e. The highest BCUT2D eigenvalue weighted by Gasteiger charge is 2.63. The van der Waals surface area contributed by atoms with E-state index in [0.29, 0.717) is 19.1 Å². The van der Waals surface area contributed by atoms with E-state index < -0.39 is 22.0 Å². The fourth-order valence-electron chi connectivity index (χ4n) is 3.69. The first kappa shape index (κ1) is 15.2. The highest BCUT2D eigenvalue weighted by atomic mass is 32.2. The maximum Gasteiger partial charge on any atom is 0.322 e. The summed E-state index contributed by atoms with van der Waals surface area (Å²) in [5, 5.41) is 9.39. The second kappa shape index (κ2) is 5.21. The Hall–Kier alpha value is -0.660. The van der Waals surface area contributed by atoms with Crippen LogP contribution in [0, 0.1) is 11.3 Å². The Morgan fingerprint density at radius 1 is 1.43 bits per heavy atom. The first-order chi connectivity index (χ1) is 9.89. The van der Waals surface area contributed by atoms with Crippen molar-refractivity contribution in [1.82, 2.24) is 4.31 Å². The van der Waals surface area contributed by atoms with Crippen LogP contribution in [0.15, 0.2) is 0 Å². The van der Waals surface area contributed by atoms with E-state index in [-0.39, 0.29) is 17.3 Å². The van der Waals surface area contributed by atoms with Crippen molar-refractivity contribution in [1.29, 1.82) is 0 Å². The Labute approximate surface area is 125 Å². The summed E-state index contributed by atoms with van der Waals surface area (Å²) in [5.74, 6) is -0.767. The summed E-state index contributed by atoms with van der Waals surface area (Å²) in [7, 11) is -3.56. The molecule has 3 aliphatic rings. The second-order valence-corrected chi connectivity index (χ2v) is 8.58. The van der Waals surface area contributed by atoms with Gasteiger partial charge in [0.05, 0.1) is 11.9 Å². The predicted octanol–water partition coefficient (Wildman–Crippen LogP) is 1.07. The molecule has 7 heteroatoms. The number of hydrogen-bond donors (Lipinski definition) is 1. The van der Waals surface area contributed by atoms with Crippen LogP contribution < -0.4 is 0 Å². The third-order valence-corrected chi connectivity index (χ3v) is 6.99. The number of carboxylic acids is 1. The topological polar surface area (TPSA) is 83.9 Å². The Balaban J connectivity index is 1.71. The molecule has 120 valence electrons. The van der Waals surface area contributed by atoms with Crippen LogP contribution in [-0.4, -0.2) is 54.8 Å². The number of rotatable bonds is 7. The van der Waals surface area contributed by atoms with E-state index in [4.69, 9.17) is 4.74 Å². The molecule has 2 saturated carbocycles. The number of carboxylic acid groups (broad SMARTS) is 1. The Kier molecular flexibility index (Phi) is 3.78. The first-order valence-electron chi connectivity index (χ1n) is 7.73. The van der Waals surface area contributed by atoms with Gasteiger partial charge in [-0.15, -0.1) is 0 Å². The molecule has 6 nitrogen and oxygen atoms in total. The van der Waals surface area contributed by atoms with Crippen molar-refractivity contribution < 1.29 is 23.1 Å². The van der Waals surface area contributed by atoms with E-state index in [1.165, 1.54) is 4.31 Å². The molecule has 2 atom stereocenters. The molecule has 0 radical (unpaired) electrons. The number of sulfonamides is 1. The minimum Gasteiger partial charge on any atom is -0.480 e. The summed E-state index contributed by atoms with van der Waals surface area (Å²) < 4.78 is 31.9. The molecule has 0 aromatic carbocycles. The lowest BCUT2D eigenvalue weighted by atomic mass is 9.59. The molecule has 2 unspecified atom stereocenters. The van der Waals surface area contributed by atoms with E-state index >= 15 is 0 Å². The van der Waals surface area contributed by atoms with E-state index in [0.717, 1.165) is 32.1 Å². The van der Waals surface area contributed by atoms with Gasteiger partial charge in [-0.05, 0) is 38.5 Å². The average molecular weight is 317 g/mol. The SMILES string of the molecule is CCOC(CS(=O)(=O)N1CC2(CCC2)C1C(=O)O)C1CC1. The van der Waals surface area contributed by atoms with Crippen molar-refractivity contribution in [2.75, 3.05) is 18.9 Å². The van der Waals surface area contributed by atoms with Crippen molar-refractivity contribution in [2.45, 2.75) is 51.2 Å². The van der Waals surface area contributed by atoms with Gasteiger partial charge in [-0.3, -0.25) is 4.79 Å². The lowest BCUT2D eigenvalue weighted by Crippen LogP contribution is -2.72. The van der Waals surface area contributed by atoms with Gasteiger partial charge in [-0.25, -0.2) is 8.42 Å². The van der Waals surface area contributed by atoms with E-state index in [1.54, 1.807) is 0 Å². The highest BCUT2D eigenvalue weighted by molar-refractivity contribution is 7.89. The van der Waals surface area contributed by atoms with E-state index in [1.807, 2.05) is 6.92 Å². The van der Waals surface area contributed by atoms with Gasteiger partial charge in [0, 0.05) is 18.6 Å². The minimum absolute atomic E-state index is 0.0780. The maximum atomic E-state index is 12.6. The number of ether oxygens (including phenoxy) is 1. The van der Waals surface area contributed by atoms with Gasteiger partial charge >= 0.3 is 5.97 Å². The summed E-state index contributed by atoms with van der Waals surface area (Å²) in [5.41, 5.74) is -0.292. The number of aliphatic carboxylic acids is 1. The summed E-state index contributed by atoms with van der Waals surface area (Å²) in [6.45, 7) is 2.72. The van der Waals surface area contributed by atoms with Gasteiger partial charge in [-0.1, -0.05) is 6.42 Å². The third-order valence-electron chi connectivity index (χ3n) is 5.18. The summed E-state index contributed by atoms with van der Waals surface area (Å²) in [6, 6.07) is -0.863. The molecule has 3 fully saturated rings. The molecule has 21 heavy (non-hydrogen) atoms. The van der Waals surface area contributed by atoms with E-state index in [9.17, 15) is 18.3 Å². The van der Waals surface area contributed by atoms with Crippen molar-refractivity contribution >= 4 is 16.0 Å². The van der Waals surface area contributed by atoms with Crippen molar-refractivity contribution in [3.63, 3.8) is 0 Å². The molecule has 0 aromatic rings. The molecular weight excluding hydrogens is 294 g/mol. The quantitative estimate of drug-likeness (QED) is 0.759. The molecule has 0 amide bonds. The maximum absolute atomic E-state index is 12.6. The molecule has 2 aliphatic carbocycles. The predicted molar refractivity (Wildman–Crippen MR) is 76.3 cm³/mol. The number of hydrogen-bond acceptors (Lipinski definition) is 4.